The molecule has 1 heterocycles. The standard InChI is InChI=1S/C15H17Cl2NO3/c16-12-2-3-13(17)11(9-12)1-4-14(20)18-15(10-19)5-7-21-8-6-15/h1-4,9,19H,5-8,10H2,(H,18,20)/b4-1+. The molecule has 0 bridgehead atoms. The van der Waals surface area contributed by atoms with Crippen LogP contribution in [0.15, 0.2) is 24.3 Å². The molecular weight excluding hydrogens is 313 g/mol. The van der Waals surface area contributed by atoms with Crippen LogP contribution in [0.4, 0.5) is 0 Å². The molecule has 2 rings (SSSR count). The summed E-state index contributed by atoms with van der Waals surface area (Å²) in [5.41, 5.74) is 0.0713. The molecule has 0 aromatic heterocycles. The monoisotopic (exact) mass is 329 g/mol. The molecule has 0 spiro atoms. The zero-order chi connectivity index (χ0) is 15.3. The van der Waals surface area contributed by atoms with E-state index in [1.807, 2.05) is 0 Å². The largest absolute Gasteiger partial charge is 0.394 e. The van der Waals surface area contributed by atoms with Crippen molar-refractivity contribution in [1.82, 2.24) is 5.32 Å². The van der Waals surface area contributed by atoms with E-state index in [4.69, 9.17) is 27.9 Å². The predicted molar refractivity (Wildman–Crippen MR) is 83.5 cm³/mol. The van der Waals surface area contributed by atoms with Crippen LogP contribution in [0.5, 0.6) is 0 Å². The summed E-state index contributed by atoms with van der Waals surface area (Å²) in [6.45, 7) is 0.962. The van der Waals surface area contributed by atoms with Crippen molar-refractivity contribution in [2.24, 2.45) is 0 Å². The Kier molecular flexibility index (Phi) is 5.65. The molecule has 0 radical (unpaired) electrons. The van der Waals surface area contributed by atoms with Crippen LogP contribution < -0.4 is 5.32 Å². The van der Waals surface area contributed by atoms with E-state index in [0.29, 0.717) is 41.7 Å². The first-order valence-corrected chi connectivity index (χ1v) is 7.44. The van der Waals surface area contributed by atoms with Gasteiger partial charge in [-0.2, -0.15) is 0 Å². The third kappa shape index (κ3) is 4.45. The molecule has 0 atom stereocenters. The Labute approximate surface area is 133 Å². The minimum atomic E-state index is -0.599. The predicted octanol–water partition coefficient (Wildman–Crippen LogP) is 2.66. The van der Waals surface area contributed by atoms with Crippen LogP contribution in [0.3, 0.4) is 0 Å². The number of carbonyl (C=O) groups is 1. The number of ether oxygens (including phenoxy) is 1. The maximum Gasteiger partial charge on any atom is 0.244 e. The number of nitrogens with one attached hydrogen (secondary N) is 1. The maximum absolute atomic E-state index is 12.0. The van der Waals surface area contributed by atoms with E-state index in [1.54, 1.807) is 24.3 Å². The summed E-state index contributed by atoms with van der Waals surface area (Å²) >= 11 is 11.9. The Morgan fingerprint density at radius 2 is 2.10 bits per heavy atom. The van der Waals surface area contributed by atoms with E-state index in [2.05, 4.69) is 5.32 Å². The van der Waals surface area contributed by atoms with Crippen LogP contribution >= 0.6 is 23.2 Å². The summed E-state index contributed by atoms with van der Waals surface area (Å²) in [4.78, 5) is 12.0. The average molecular weight is 330 g/mol. The molecule has 6 heteroatoms. The van der Waals surface area contributed by atoms with Gasteiger partial charge in [0.05, 0.1) is 12.1 Å². The molecule has 1 aromatic rings. The van der Waals surface area contributed by atoms with Crippen LogP contribution in [0.1, 0.15) is 18.4 Å². The zero-order valence-corrected chi connectivity index (χ0v) is 13.0. The highest BCUT2D eigenvalue weighted by molar-refractivity contribution is 6.34. The van der Waals surface area contributed by atoms with Gasteiger partial charge in [-0.15, -0.1) is 0 Å². The number of aliphatic hydroxyl groups excluding tert-OH is 1. The second kappa shape index (κ2) is 7.27. The Morgan fingerprint density at radius 3 is 2.76 bits per heavy atom. The molecule has 4 nitrogen and oxygen atoms in total. The van der Waals surface area contributed by atoms with Crippen molar-refractivity contribution < 1.29 is 14.6 Å². The molecule has 1 aliphatic heterocycles. The minimum absolute atomic E-state index is 0.103. The van der Waals surface area contributed by atoms with Crippen LogP contribution in [0.2, 0.25) is 10.0 Å². The first-order valence-electron chi connectivity index (χ1n) is 6.69. The first kappa shape index (κ1) is 16.3. The van der Waals surface area contributed by atoms with Crippen molar-refractivity contribution in [1.29, 1.82) is 0 Å². The fourth-order valence-corrected chi connectivity index (χ4v) is 2.56. The molecule has 1 fully saturated rings. The summed E-state index contributed by atoms with van der Waals surface area (Å²) in [5.74, 6) is -0.276. The van der Waals surface area contributed by atoms with Gasteiger partial charge in [0.25, 0.3) is 0 Å². The molecule has 0 saturated carbocycles. The van der Waals surface area contributed by atoms with Crippen molar-refractivity contribution in [2.45, 2.75) is 18.4 Å². The summed E-state index contributed by atoms with van der Waals surface area (Å²) in [5, 5.41) is 13.4. The molecule has 1 aromatic carbocycles. The lowest BCUT2D eigenvalue weighted by atomic mass is 9.91. The molecule has 0 aliphatic carbocycles. The van der Waals surface area contributed by atoms with Crippen LogP contribution in [-0.2, 0) is 9.53 Å². The second-order valence-corrected chi connectivity index (χ2v) is 5.88. The fraction of sp³-hybridized carbons (Fsp3) is 0.400. The van der Waals surface area contributed by atoms with Gasteiger partial charge in [-0.25, -0.2) is 0 Å². The second-order valence-electron chi connectivity index (χ2n) is 5.04. The highest BCUT2D eigenvalue weighted by Gasteiger charge is 2.32. The van der Waals surface area contributed by atoms with Gasteiger partial charge in [0.2, 0.25) is 5.91 Å². The lowest BCUT2D eigenvalue weighted by molar-refractivity contribution is -0.120. The summed E-state index contributed by atoms with van der Waals surface area (Å²) in [6, 6.07) is 5.04. The normalized spacial score (nSPS) is 17.9. The van der Waals surface area contributed by atoms with Gasteiger partial charge >= 0.3 is 0 Å². The molecular formula is C15H17Cl2NO3. The molecule has 114 valence electrons. The molecule has 2 N–H and O–H groups in total. The van der Waals surface area contributed by atoms with Crippen molar-refractivity contribution in [3.63, 3.8) is 0 Å². The van der Waals surface area contributed by atoms with E-state index >= 15 is 0 Å². The van der Waals surface area contributed by atoms with Crippen molar-refractivity contribution in [3.05, 3.63) is 39.9 Å². The number of hydrogen-bond donors (Lipinski definition) is 2. The van der Waals surface area contributed by atoms with Crippen molar-refractivity contribution in [2.75, 3.05) is 19.8 Å². The third-order valence-corrected chi connectivity index (χ3v) is 4.09. The number of rotatable bonds is 4. The van der Waals surface area contributed by atoms with Crippen LogP contribution in [0.25, 0.3) is 6.08 Å². The first-order chi connectivity index (χ1) is 10.0. The highest BCUT2D eigenvalue weighted by atomic mass is 35.5. The Hall–Kier alpha value is -1.07. The average Bonchev–Trinajstić information content (AvgIpc) is 2.49. The topological polar surface area (TPSA) is 58.6 Å². The van der Waals surface area contributed by atoms with E-state index in [-0.39, 0.29) is 12.5 Å². The lowest BCUT2D eigenvalue weighted by Gasteiger charge is -2.35. The molecule has 1 saturated heterocycles. The van der Waals surface area contributed by atoms with Gasteiger partial charge in [0.15, 0.2) is 0 Å². The van der Waals surface area contributed by atoms with Gasteiger partial charge < -0.3 is 15.2 Å². The summed E-state index contributed by atoms with van der Waals surface area (Å²) in [6.07, 6.45) is 4.19. The SMILES string of the molecule is O=C(/C=C/c1cc(Cl)ccc1Cl)NC1(CO)CCOCC1. The van der Waals surface area contributed by atoms with E-state index in [0.717, 1.165) is 0 Å². The zero-order valence-electron chi connectivity index (χ0n) is 11.4. The number of aliphatic hydroxyl groups is 1. The Balaban J connectivity index is 2.03. The van der Waals surface area contributed by atoms with E-state index in [9.17, 15) is 9.90 Å². The fourth-order valence-electron chi connectivity index (χ4n) is 2.20. The summed E-state index contributed by atoms with van der Waals surface area (Å²) < 4.78 is 5.25. The lowest BCUT2D eigenvalue weighted by Crippen LogP contribution is -2.54. The van der Waals surface area contributed by atoms with Gasteiger partial charge in [-0.3, -0.25) is 4.79 Å². The van der Waals surface area contributed by atoms with Crippen LogP contribution in [-0.4, -0.2) is 36.4 Å². The molecule has 21 heavy (non-hydrogen) atoms. The number of amides is 1. The highest BCUT2D eigenvalue weighted by Crippen LogP contribution is 2.22. The van der Waals surface area contributed by atoms with Crippen molar-refractivity contribution >= 4 is 35.2 Å². The van der Waals surface area contributed by atoms with Crippen LogP contribution in [0, 0.1) is 0 Å². The molecule has 1 amide bonds. The van der Waals surface area contributed by atoms with Gasteiger partial charge in [-0.1, -0.05) is 23.2 Å². The number of benzene rings is 1. The molecule has 1 aliphatic rings. The maximum atomic E-state index is 12.0. The Morgan fingerprint density at radius 1 is 1.38 bits per heavy atom. The number of hydrogen-bond acceptors (Lipinski definition) is 3. The quantitative estimate of drug-likeness (QED) is 0.835. The molecule has 0 unspecified atom stereocenters. The Bertz CT molecular complexity index is 540. The van der Waals surface area contributed by atoms with Crippen molar-refractivity contribution in [3.8, 4) is 0 Å². The van der Waals surface area contributed by atoms with Gasteiger partial charge in [0.1, 0.15) is 0 Å². The minimum Gasteiger partial charge on any atom is -0.394 e. The van der Waals surface area contributed by atoms with Gasteiger partial charge in [0, 0.05) is 29.3 Å². The smallest absolute Gasteiger partial charge is 0.244 e. The van der Waals surface area contributed by atoms with E-state index in [1.165, 1.54) is 6.08 Å². The third-order valence-electron chi connectivity index (χ3n) is 3.51. The number of halogens is 2. The summed E-state index contributed by atoms with van der Waals surface area (Å²) in [7, 11) is 0. The number of carbonyl (C=O) groups excluding carboxylic acids is 1. The van der Waals surface area contributed by atoms with Gasteiger partial charge in [-0.05, 0) is 42.7 Å². The van der Waals surface area contributed by atoms with E-state index < -0.39 is 5.54 Å².